The lowest BCUT2D eigenvalue weighted by molar-refractivity contribution is -0.115. The molecule has 0 radical (unpaired) electrons. The number of amides is 1. The van der Waals surface area contributed by atoms with Crippen molar-refractivity contribution in [2.75, 3.05) is 5.32 Å². The zero-order valence-electron chi connectivity index (χ0n) is 16.1. The Bertz CT molecular complexity index is 1010. The maximum absolute atomic E-state index is 12.7. The molecule has 1 fully saturated rings. The first-order chi connectivity index (χ1) is 14.5. The quantitative estimate of drug-likeness (QED) is 0.499. The van der Waals surface area contributed by atoms with E-state index in [4.69, 9.17) is 4.42 Å². The summed E-state index contributed by atoms with van der Waals surface area (Å²) in [6.45, 7) is -0.775. The number of nitrogens with zero attached hydrogens (tertiary/aromatic N) is 3. The first-order valence-electron chi connectivity index (χ1n) is 9.48. The predicted molar refractivity (Wildman–Crippen MR) is 107 cm³/mol. The van der Waals surface area contributed by atoms with E-state index in [0.29, 0.717) is 17.6 Å². The van der Waals surface area contributed by atoms with Gasteiger partial charge in [0.1, 0.15) is 17.3 Å². The van der Waals surface area contributed by atoms with Crippen LogP contribution in [0.3, 0.4) is 0 Å². The summed E-state index contributed by atoms with van der Waals surface area (Å²) in [6.07, 6.45) is 3.74. The van der Waals surface area contributed by atoms with Gasteiger partial charge in [0.05, 0.1) is 23.7 Å². The molecule has 1 aliphatic carbocycles. The van der Waals surface area contributed by atoms with Crippen molar-refractivity contribution >= 4 is 23.4 Å². The number of thioether (sulfide) groups is 1. The number of ether oxygens (including phenoxy) is 1. The van der Waals surface area contributed by atoms with Crippen molar-refractivity contribution in [1.29, 1.82) is 0 Å². The number of alkyl halides is 2. The van der Waals surface area contributed by atoms with E-state index < -0.39 is 11.9 Å². The molecule has 3 aromatic rings. The first-order valence-corrected chi connectivity index (χ1v) is 10.4. The molecule has 1 N–H and O–H groups in total. The van der Waals surface area contributed by atoms with Crippen LogP contribution in [-0.4, -0.2) is 32.5 Å². The van der Waals surface area contributed by atoms with Gasteiger partial charge in [0, 0.05) is 5.92 Å². The number of anilines is 1. The molecule has 1 aliphatic rings. The molecule has 30 heavy (non-hydrogen) atoms. The minimum absolute atomic E-state index is 0.0879. The average Bonchev–Trinajstić information content (AvgIpc) is 3.28. The Morgan fingerprint density at radius 1 is 1.30 bits per heavy atom. The van der Waals surface area contributed by atoms with Crippen molar-refractivity contribution in [3.8, 4) is 5.75 Å². The smallest absolute Gasteiger partial charge is 0.387 e. The van der Waals surface area contributed by atoms with E-state index in [-0.39, 0.29) is 17.3 Å². The molecule has 1 saturated carbocycles. The van der Waals surface area contributed by atoms with Crippen LogP contribution in [0.2, 0.25) is 0 Å². The molecular weight excluding hydrogens is 414 g/mol. The van der Waals surface area contributed by atoms with Gasteiger partial charge in [0.25, 0.3) is 0 Å². The van der Waals surface area contributed by atoms with Crippen LogP contribution in [-0.2, 0) is 11.3 Å². The topological polar surface area (TPSA) is 82.2 Å². The van der Waals surface area contributed by atoms with Crippen LogP contribution >= 0.6 is 11.8 Å². The van der Waals surface area contributed by atoms with Crippen LogP contribution in [0.1, 0.15) is 37.3 Å². The second-order valence-electron chi connectivity index (χ2n) is 6.90. The van der Waals surface area contributed by atoms with Gasteiger partial charge < -0.3 is 14.5 Å². The lowest BCUT2D eigenvalue weighted by atomic mass is 10.3. The summed E-state index contributed by atoms with van der Waals surface area (Å²) in [5, 5.41) is 11.3. The van der Waals surface area contributed by atoms with Crippen molar-refractivity contribution in [3.05, 3.63) is 54.2 Å². The van der Waals surface area contributed by atoms with Crippen molar-refractivity contribution in [3.63, 3.8) is 0 Å². The number of para-hydroxylation sites is 2. The van der Waals surface area contributed by atoms with E-state index in [1.165, 1.54) is 23.9 Å². The van der Waals surface area contributed by atoms with Crippen LogP contribution in [0, 0.1) is 0 Å². The standard InChI is InChI=1S/C20H20F2N4O3S/c1-12(18(27)23-15-6-2-3-7-16(15)29-19(21)22)30-20-25-24-17(13-8-9-13)26(20)11-14-5-4-10-28-14/h2-7,10,12-13,19H,8-9,11H2,1H3,(H,23,27). The maximum atomic E-state index is 12.7. The highest BCUT2D eigenvalue weighted by Gasteiger charge is 2.31. The van der Waals surface area contributed by atoms with Gasteiger partial charge >= 0.3 is 6.61 Å². The average molecular weight is 434 g/mol. The zero-order chi connectivity index (χ0) is 21.1. The number of benzene rings is 1. The number of carbonyl (C=O) groups is 1. The van der Waals surface area contributed by atoms with Crippen molar-refractivity contribution in [2.45, 2.75) is 49.2 Å². The molecule has 1 amide bonds. The number of hydrogen-bond acceptors (Lipinski definition) is 6. The number of aromatic nitrogens is 3. The predicted octanol–water partition coefficient (Wildman–Crippen LogP) is 4.52. The molecule has 2 aromatic heterocycles. The minimum Gasteiger partial charge on any atom is -0.467 e. The molecule has 4 rings (SSSR count). The van der Waals surface area contributed by atoms with Crippen LogP contribution < -0.4 is 10.1 Å². The molecule has 158 valence electrons. The van der Waals surface area contributed by atoms with Gasteiger partial charge in [-0.2, -0.15) is 8.78 Å². The van der Waals surface area contributed by atoms with Gasteiger partial charge in [-0.3, -0.25) is 9.36 Å². The summed E-state index contributed by atoms with van der Waals surface area (Å²) >= 11 is 1.25. The minimum atomic E-state index is -2.98. The molecule has 10 heteroatoms. The summed E-state index contributed by atoms with van der Waals surface area (Å²) in [6, 6.07) is 9.77. The van der Waals surface area contributed by atoms with Crippen LogP contribution in [0.4, 0.5) is 14.5 Å². The highest BCUT2D eigenvalue weighted by molar-refractivity contribution is 8.00. The first kappa shape index (κ1) is 20.4. The summed E-state index contributed by atoms with van der Waals surface area (Å²) in [5.41, 5.74) is 0.186. The van der Waals surface area contributed by atoms with Gasteiger partial charge in [0.15, 0.2) is 5.16 Å². The monoisotopic (exact) mass is 434 g/mol. The van der Waals surface area contributed by atoms with E-state index in [2.05, 4.69) is 20.3 Å². The second-order valence-corrected chi connectivity index (χ2v) is 8.21. The van der Waals surface area contributed by atoms with E-state index in [0.717, 1.165) is 24.4 Å². The highest BCUT2D eigenvalue weighted by Crippen LogP contribution is 2.40. The lowest BCUT2D eigenvalue weighted by Gasteiger charge is -2.15. The van der Waals surface area contributed by atoms with E-state index in [1.54, 1.807) is 25.3 Å². The number of rotatable bonds is 9. The second kappa shape index (κ2) is 8.86. The number of carbonyl (C=O) groups excluding carboxylic acids is 1. The molecule has 7 nitrogen and oxygen atoms in total. The summed E-state index contributed by atoms with van der Waals surface area (Å²) in [5.74, 6) is 1.59. The zero-order valence-corrected chi connectivity index (χ0v) is 16.9. The Morgan fingerprint density at radius 3 is 2.80 bits per heavy atom. The molecule has 2 heterocycles. The number of furan rings is 1. The van der Waals surface area contributed by atoms with Gasteiger partial charge in [-0.05, 0) is 44.0 Å². The third-order valence-electron chi connectivity index (χ3n) is 4.59. The highest BCUT2D eigenvalue weighted by atomic mass is 32.2. The summed E-state index contributed by atoms with van der Waals surface area (Å²) in [7, 11) is 0. The van der Waals surface area contributed by atoms with E-state index >= 15 is 0 Å². The summed E-state index contributed by atoms with van der Waals surface area (Å²) < 4.78 is 37.1. The van der Waals surface area contributed by atoms with E-state index in [9.17, 15) is 13.6 Å². The number of halogens is 2. The molecule has 0 spiro atoms. The maximum Gasteiger partial charge on any atom is 0.387 e. The fourth-order valence-corrected chi connectivity index (χ4v) is 3.81. The molecular formula is C20H20F2N4O3S. The van der Waals surface area contributed by atoms with Crippen molar-refractivity contribution in [1.82, 2.24) is 14.8 Å². The Hall–Kier alpha value is -2.88. The SMILES string of the molecule is CC(Sc1nnc(C2CC2)n1Cc1ccco1)C(=O)Nc1ccccc1OC(F)F. The molecule has 1 unspecified atom stereocenters. The lowest BCUT2D eigenvalue weighted by Crippen LogP contribution is -2.23. The third kappa shape index (κ3) is 4.81. The molecule has 0 bridgehead atoms. The van der Waals surface area contributed by atoms with Crippen LogP contribution in [0.15, 0.2) is 52.2 Å². The van der Waals surface area contributed by atoms with Gasteiger partial charge in [-0.15, -0.1) is 10.2 Å². The van der Waals surface area contributed by atoms with Gasteiger partial charge in [0.2, 0.25) is 5.91 Å². The molecule has 0 saturated heterocycles. The van der Waals surface area contributed by atoms with Gasteiger partial charge in [-0.1, -0.05) is 23.9 Å². The van der Waals surface area contributed by atoms with Crippen LogP contribution in [0.25, 0.3) is 0 Å². The largest absolute Gasteiger partial charge is 0.467 e. The van der Waals surface area contributed by atoms with Crippen molar-refractivity contribution in [2.24, 2.45) is 0 Å². The fraction of sp³-hybridized carbons (Fsp3) is 0.350. The number of nitrogens with one attached hydrogen (secondary N) is 1. The Morgan fingerprint density at radius 2 is 2.10 bits per heavy atom. The van der Waals surface area contributed by atoms with E-state index in [1.807, 2.05) is 16.7 Å². The molecule has 0 aliphatic heterocycles. The number of hydrogen-bond donors (Lipinski definition) is 1. The molecule has 1 aromatic carbocycles. The Kier molecular flexibility index (Phi) is 6.03. The normalized spacial score (nSPS) is 14.7. The Balaban J connectivity index is 1.47. The summed E-state index contributed by atoms with van der Waals surface area (Å²) in [4.78, 5) is 12.7. The molecule has 1 atom stereocenters. The fourth-order valence-electron chi connectivity index (χ4n) is 2.95. The van der Waals surface area contributed by atoms with Gasteiger partial charge in [-0.25, -0.2) is 0 Å². The van der Waals surface area contributed by atoms with Crippen molar-refractivity contribution < 1.29 is 22.7 Å². The Labute approximate surface area is 175 Å². The third-order valence-corrected chi connectivity index (χ3v) is 5.67. The van der Waals surface area contributed by atoms with Crippen LogP contribution in [0.5, 0.6) is 5.75 Å².